The molecule has 0 radical (unpaired) electrons. The van der Waals surface area contributed by atoms with E-state index in [0.717, 1.165) is 42.9 Å². The Balaban J connectivity index is 1.54. The van der Waals surface area contributed by atoms with Crippen molar-refractivity contribution >= 4 is 23.1 Å². The van der Waals surface area contributed by atoms with Crippen LogP contribution in [-0.2, 0) is 11.2 Å². The highest BCUT2D eigenvalue weighted by atomic mass is 16.5. The molecule has 1 N–H and O–H groups in total. The Labute approximate surface area is 248 Å². The van der Waals surface area contributed by atoms with Gasteiger partial charge in [0.15, 0.2) is 0 Å². The number of carbonyl (C=O) groups is 2. The lowest BCUT2D eigenvalue weighted by atomic mass is 9.98. The molecule has 9 heteroatoms. The minimum Gasteiger partial charge on any atom is -0.496 e. The van der Waals surface area contributed by atoms with E-state index in [1.807, 2.05) is 45.4 Å². The van der Waals surface area contributed by atoms with E-state index in [1.165, 1.54) is 25.3 Å². The van der Waals surface area contributed by atoms with Gasteiger partial charge in [-0.15, -0.1) is 0 Å². The molecule has 222 valence electrons. The van der Waals surface area contributed by atoms with Gasteiger partial charge in [0.25, 0.3) is 0 Å². The highest BCUT2D eigenvalue weighted by molar-refractivity contribution is 6.07. The first-order chi connectivity index (χ1) is 20.3. The first-order valence-corrected chi connectivity index (χ1v) is 14.4. The second-order valence-electron chi connectivity index (χ2n) is 10.9. The smallest absolute Gasteiger partial charge is 0.247 e. The quantitative estimate of drug-likeness (QED) is 0.223. The number of nitrogens with one attached hydrogen (secondary N) is 1. The van der Waals surface area contributed by atoms with E-state index in [2.05, 4.69) is 31.7 Å². The van der Waals surface area contributed by atoms with Crippen LogP contribution in [0.5, 0.6) is 11.5 Å². The van der Waals surface area contributed by atoms with E-state index in [1.54, 1.807) is 31.5 Å². The molecule has 0 aliphatic heterocycles. The largest absolute Gasteiger partial charge is 0.496 e. The van der Waals surface area contributed by atoms with Gasteiger partial charge in [-0.1, -0.05) is 13.0 Å². The zero-order chi connectivity index (χ0) is 30.1. The number of nitrogens with zero attached hydrogens (tertiary/aromatic N) is 4. The van der Waals surface area contributed by atoms with Crippen LogP contribution in [0.15, 0.2) is 61.3 Å². The van der Waals surface area contributed by atoms with Crippen molar-refractivity contribution in [3.8, 4) is 11.5 Å². The molecule has 1 saturated carbocycles. The average Bonchev–Trinajstić information content (AvgIpc) is 3.00. The van der Waals surface area contributed by atoms with Crippen LogP contribution in [0.25, 0.3) is 0 Å². The predicted octanol–water partition coefficient (Wildman–Crippen LogP) is 5.14. The van der Waals surface area contributed by atoms with Crippen LogP contribution in [0.4, 0.5) is 11.4 Å². The Morgan fingerprint density at radius 3 is 2.45 bits per heavy atom. The molecule has 3 aromatic rings. The number of ketones is 1. The van der Waals surface area contributed by atoms with Crippen molar-refractivity contribution in [2.75, 3.05) is 51.6 Å². The molecule has 1 aliphatic rings. The number of hydrogen-bond acceptors (Lipinski definition) is 8. The molecule has 42 heavy (non-hydrogen) atoms. The van der Waals surface area contributed by atoms with Gasteiger partial charge in [-0.3, -0.25) is 9.59 Å². The molecule has 0 bridgehead atoms. The number of methoxy groups -OCH3 is 1. The molecule has 1 amide bonds. The third-order valence-electron chi connectivity index (χ3n) is 7.39. The number of benzene rings is 2. The summed E-state index contributed by atoms with van der Waals surface area (Å²) >= 11 is 0. The summed E-state index contributed by atoms with van der Waals surface area (Å²) in [6.45, 7) is 5.16. The van der Waals surface area contributed by atoms with Crippen LogP contribution in [0.1, 0.15) is 59.5 Å². The molecule has 0 spiro atoms. The minimum atomic E-state index is -0.313. The molecular formula is C33H41N5O4. The van der Waals surface area contributed by atoms with Crippen molar-refractivity contribution in [1.29, 1.82) is 0 Å². The Hall–Kier alpha value is -4.24. The lowest BCUT2D eigenvalue weighted by Gasteiger charge is -2.25. The topological polar surface area (TPSA) is 96.9 Å². The predicted molar refractivity (Wildman–Crippen MR) is 166 cm³/mol. The van der Waals surface area contributed by atoms with E-state index >= 15 is 0 Å². The summed E-state index contributed by atoms with van der Waals surface area (Å²) in [7, 11) is 7.60. The fourth-order valence-electron chi connectivity index (χ4n) is 5.00. The van der Waals surface area contributed by atoms with E-state index in [-0.39, 0.29) is 17.8 Å². The van der Waals surface area contributed by atoms with E-state index in [4.69, 9.17) is 9.47 Å². The van der Waals surface area contributed by atoms with Gasteiger partial charge in [-0.25, -0.2) is 9.97 Å². The minimum absolute atomic E-state index is 0.188. The monoisotopic (exact) mass is 571 g/mol. The number of likely N-dealkylation sites (N-methyl/N-ethyl adjacent to an activating group) is 2. The van der Waals surface area contributed by atoms with Gasteiger partial charge in [0.2, 0.25) is 11.7 Å². The number of rotatable bonds is 13. The number of anilines is 2. The van der Waals surface area contributed by atoms with Crippen LogP contribution in [0.3, 0.4) is 0 Å². The van der Waals surface area contributed by atoms with Gasteiger partial charge in [-0.05, 0) is 82.3 Å². The maximum Gasteiger partial charge on any atom is 0.247 e. The molecule has 2 aromatic carbocycles. The number of hydrogen-bond donors (Lipinski definition) is 1. The number of carbonyl (C=O) groups excluding carboxylic acids is 2. The molecular weight excluding hydrogens is 530 g/mol. The first kappa shape index (κ1) is 30.7. The van der Waals surface area contributed by atoms with Crippen molar-refractivity contribution in [3.63, 3.8) is 0 Å². The van der Waals surface area contributed by atoms with Gasteiger partial charge < -0.3 is 24.6 Å². The molecule has 0 saturated heterocycles. The van der Waals surface area contributed by atoms with Crippen LogP contribution < -0.4 is 19.7 Å². The Morgan fingerprint density at radius 1 is 1.05 bits per heavy atom. The van der Waals surface area contributed by atoms with Crippen LogP contribution >= 0.6 is 0 Å². The molecule has 0 unspecified atom stereocenters. The number of aromatic nitrogens is 2. The fourth-order valence-corrected chi connectivity index (χ4v) is 5.00. The van der Waals surface area contributed by atoms with Crippen molar-refractivity contribution in [2.45, 2.75) is 44.6 Å². The lowest BCUT2D eigenvalue weighted by Crippen LogP contribution is -2.29. The summed E-state index contributed by atoms with van der Waals surface area (Å²) in [5.74, 6) is 1.38. The van der Waals surface area contributed by atoms with Gasteiger partial charge in [-0.2, -0.15) is 0 Å². The van der Waals surface area contributed by atoms with E-state index in [9.17, 15) is 9.59 Å². The third kappa shape index (κ3) is 8.16. The summed E-state index contributed by atoms with van der Waals surface area (Å²) < 4.78 is 11.8. The first-order valence-electron chi connectivity index (χ1n) is 14.4. The summed E-state index contributed by atoms with van der Waals surface area (Å²) in [4.78, 5) is 38.7. The summed E-state index contributed by atoms with van der Waals surface area (Å²) in [6, 6.07) is 12.7. The molecule has 9 nitrogen and oxygen atoms in total. The molecule has 1 heterocycles. The van der Waals surface area contributed by atoms with Gasteiger partial charge in [0.1, 0.15) is 23.0 Å². The summed E-state index contributed by atoms with van der Waals surface area (Å²) in [5.41, 5.74) is 3.05. The molecule has 1 aromatic heterocycles. The second kappa shape index (κ2) is 14.6. The van der Waals surface area contributed by atoms with E-state index in [0.29, 0.717) is 34.9 Å². The average molecular weight is 572 g/mol. The SMILES string of the molecule is C=CC(=O)Nc1cc(Cc2nccc(C(=O)c3ccc(OC4CCCCC4)cc3)n2)c(OC)cc1N(C)CCN(C)C. The molecule has 1 aliphatic carbocycles. The fraction of sp³-hybridized carbons (Fsp3) is 0.394. The maximum absolute atomic E-state index is 13.3. The van der Waals surface area contributed by atoms with Gasteiger partial charge >= 0.3 is 0 Å². The summed E-state index contributed by atoms with van der Waals surface area (Å²) in [6.07, 6.45) is 9.20. The zero-order valence-corrected chi connectivity index (χ0v) is 25.1. The number of ether oxygens (including phenoxy) is 2. The van der Waals surface area contributed by atoms with Crippen molar-refractivity contribution in [1.82, 2.24) is 14.9 Å². The lowest BCUT2D eigenvalue weighted by molar-refractivity contribution is -0.111. The summed E-state index contributed by atoms with van der Waals surface area (Å²) in [5, 5.41) is 2.91. The van der Waals surface area contributed by atoms with Crippen molar-refractivity contribution in [3.05, 3.63) is 84.0 Å². The normalized spacial score (nSPS) is 13.5. The molecule has 4 rings (SSSR count). The van der Waals surface area contributed by atoms with E-state index < -0.39 is 0 Å². The van der Waals surface area contributed by atoms with Gasteiger partial charge in [0.05, 0.1) is 24.6 Å². The Kier molecular flexibility index (Phi) is 10.7. The zero-order valence-electron chi connectivity index (χ0n) is 25.1. The van der Waals surface area contributed by atoms with Gasteiger partial charge in [0, 0.05) is 49.9 Å². The Bertz CT molecular complexity index is 1380. The van der Waals surface area contributed by atoms with Crippen LogP contribution in [-0.4, -0.2) is 74.0 Å². The highest BCUT2D eigenvalue weighted by Gasteiger charge is 2.19. The standard InChI is InChI=1S/C33H41N5O4/c1-6-32(39)36-28-20-24(30(41-5)22-29(28)38(4)19-18-37(2)3)21-31-34-17-16-27(35-31)33(40)23-12-14-26(15-13-23)42-25-10-8-7-9-11-25/h6,12-17,20,22,25H,1,7-11,18-19,21H2,2-5H3,(H,36,39). The van der Waals surface area contributed by atoms with Crippen molar-refractivity contribution in [2.24, 2.45) is 0 Å². The number of amides is 1. The highest BCUT2D eigenvalue weighted by Crippen LogP contribution is 2.34. The van der Waals surface area contributed by atoms with Crippen LogP contribution in [0, 0.1) is 0 Å². The Morgan fingerprint density at radius 2 is 1.79 bits per heavy atom. The van der Waals surface area contributed by atoms with Crippen molar-refractivity contribution < 1.29 is 19.1 Å². The second-order valence-corrected chi connectivity index (χ2v) is 10.9. The van der Waals surface area contributed by atoms with Crippen LogP contribution in [0.2, 0.25) is 0 Å². The molecule has 0 atom stereocenters. The third-order valence-corrected chi connectivity index (χ3v) is 7.39. The maximum atomic E-state index is 13.3. The molecule has 1 fully saturated rings.